The van der Waals surface area contributed by atoms with E-state index < -0.39 is 0 Å². The van der Waals surface area contributed by atoms with E-state index in [0.717, 1.165) is 36.9 Å². The van der Waals surface area contributed by atoms with Gasteiger partial charge in [-0.1, -0.05) is 29.8 Å². The minimum Gasteiger partial charge on any atom is -0.314 e. The molecule has 3 nitrogen and oxygen atoms in total. The van der Waals surface area contributed by atoms with Gasteiger partial charge in [-0.05, 0) is 11.6 Å². The predicted octanol–water partition coefficient (Wildman–Crippen LogP) is 3.36. The lowest BCUT2D eigenvalue weighted by Crippen LogP contribution is -2.45. The Balaban J connectivity index is 0.00000147. The van der Waals surface area contributed by atoms with E-state index in [0.29, 0.717) is 6.04 Å². The Morgan fingerprint density at radius 2 is 2.25 bits per heavy atom. The summed E-state index contributed by atoms with van der Waals surface area (Å²) in [6, 6.07) is 8.44. The van der Waals surface area contributed by atoms with Crippen molar-refractivity contribution in [2.24, 2.45) is 0 Å². The molecule has 2 aromatic rings. The zero-order valence-corrected chi connectivity index (χ0v) is 13.3. The summed E-state index contributed by atoms with van der Waals surface area (Å²) in [5.41, 5.74) is 4.23. The van der Waals surface area contributed by atoms with E-state index in [2.05, 4.69) is 32.7 Å². The van der Waals surface area contributed by atoms with E-state index in [4.69, 9.17) is 11.6 Å². The first kappa shape index (κ1) is 15.7. The van der Waals surface area contributed by atoms with Gasteiger partial charge in [0.15, 0.2) is 0 Å². The molecule has 1 aliphatic heterocycles. The molecule has 6 heteroatoms. The van der Waals surface area contributed by atoms with Gasteiger partial charge in [-0.25, -0.2) is 4.98 Å². The third-order valence-electron chi connectivity index (χ3n) is 3.47. The largest absolute Gasteiger partial charge is 0.314 e. The quantitative estimate of drug-likeness (QED) is 0.935. The smallest absolute Gasteiger partial charge is 0.0795 e. The SMILES string of the molecule is Cl.Clc1ccccc1C1CNCCN1Cc1cscn1. The number of halogens is 2. The molecular formula is C14H17Cl2N3S. The molecule has 1 N–H and O–H groups in total. The van der Waals surface area contributed by atoms with Crippen LogP contribution in [0.15, 0.2) is 35.2 Å². The zero-order valence-electron chi connectivity index (χ0n) is 11.0. The van der Waals surface area contributed by atoms with E-state index in [1.54, 1.807) is 11.3 Å². The van der Waals surface area contributed by atoms with Gasteiger partial charge in [-0.15, -0.1) is 23.7 Å². The van der Waals surface area contributed by atoms with E-state index in [9.17, 15) is 0 Å². The second kappa shape index (κ2) is 7.38. The van der Waals surface area contributed by atoms with Crippen LogP contribution in [-0.4, -0.2) is 29.5 Å². The number of hydrogen-bond acceptors (Lipinski definition) is 4. The molecule has 2 heterocycles. The zero-order chi connectivity index (χ0) is 13.1. The minimum absolute atomic E-state index is 0. The summed E-state index contributed by atoms with van der Waals surface area (Å²) in [5, 5.41) is 6.42. The van der Waals surface area contributed by atoms with Crippen molar-refractivity contribution in [3.63, 3.8) is 0 Å². The average Bonchev–Trinajstić information content (AvgIpc) is 2.93. The highest BCUT2D eigenvalue weighted by Gasteiger charge is 2.25. The molecule has 0 radical (unpaired) electrons. The number of thiazole rings is 1. The van der Waals surface area contributed by atoms with Crippen molar-refractivity contribution in [3.8, 4) is 0 Å². The van der Waals surface area contributed by atoms with E-state index in [1.807, 2.05) is 17.6 Å². The number of nitrogens with zero attached hydrogens (tertiary/aromatic N) is 2. The van der Waals surface area contributed by atoms with Gasteiger partial charge < -0.3 is 5.32 Å². The number of benzene rings is 1. The molecule has 1 atom stereocenters. The Hall–Kier alpha value is -0.650. The molecule has 1 saturated heterocycles. The van der Waals surface area contributed by atoms with Gasteiger partial charge in [-0.2, -0.15) is 0 Å². The van der Waals surface area contributed by atoms with Crippen LogP contribution in [-0.2, 0) is 6.54 Å². The summed E-state index contributed by atoms with van der Waals surface area (Å²) in [4.78, 5) is 6.84. The summed E-state index contributed by atoms with van der Waals surface area (Å²) in [6.45, 7) is 3.87. The lowest BCUT2D eigenvalue weighted by atomic mass is 10.0. The Kier molecular flexibility index (Phi) is 5.81. The molecule has 1 unspecified atom stereocenters. The molecule has 1 aromatic heterocycles. The molecule has 1 fully saturated rings. The standard InChI is InChI=1S/C14H16ClN3S.ClH/c15-13-4-2-1-3-12(13)14-7-16-5-6-18(14)8-11-9-19-10-17-11;/h1-4,9-10,14,16H,5-8H2;1H. The molecule has 0 amide bonds. The van der Waals surface area contributed by atoms with Crippen LogP contribution in [0.2, 0.25) is 5.02 Å². The van der Waals surface area contributed by atoms with Crippen LogP contribution in [0, 0.1) is 0 Å². The van der Waals surface area contributed by atoms with Crippen molar-refractivity contribution >= 4 is 35.3 Å². The number of aromatic nitrogens is 1. The summed E-state index contributed by atoms with van der Waals surface area (Å²) in [6.07, 6.45) is 0. The van der Waals surface area contributed by atoms with Gasteiger partial charge in [-0.3, -0.25) is 4.90 Å². The monoisotopic (exact) mass is 329 g/mol. The topological polar surface area (TPSA) is 28.2 Å². The second-order valence-corrected chi connectivity index (χ2v) is 5.82. The predicted molar refractivity (Wildman–Crippen MR) is 86.8 cm³/mol. The molecule has 3 rings (SSSR count). The molecule has 1 aliphatic rings. The Labute approximate surface area is 134 Å². The maximum atomic E-state index is 6.34. The third-order valence-corrected chi connectivity index (χ3v) is 4.45. The van der Waals surface area contributed by atoms with Gasteiger partial charge in [0.05, 0.1) is 11.2 Å². The second-order valence-electron chi connectivity index (χ2n) is 4.69. The molecule has 0 saturated carbocycles. The van der Waals surface area contributed by atoms with Gasteiger partial charge in [0.25, 0.3) is 0 Å². The Bertz CT molecular complexity index is 533. The fourth-order valence-electron chi connectivity index (χ4n) is 2.51. The van der Waals surface area contributed by atoms with Crippen LogP contribution in [0.5, 0.6) is 0 Å². The minimum atomic E-state index is 0. The van der Waals surface area contributed by atoms with Crippen molar-refractivity contribution in [3.05, 3.63) is 51.4 Å². The van der Waals surface area contributed by atoms with Crippen LogP contribution >= 0.6 is 35.3 Å². The first-order valence-electron chi connectivity index (χ1n) is 6.41. The van der Waals surface area contributed by atoms with Crippen molar-refractivity contribution in [2.75, 3.05) is 19.6 Å². The number of piperazine rings is 1. The fraction of sp³-hybridized carbons (Fsp3) is 0.357. The van der Waals surface area contributed by atoms with Gasteiger partial charge in [0.1, 0.15) is 0 Å². The summed E-state index contributed by atoms with van der Waals surface area (Å²) in [7, 11) is 0. The maximum Gasteiger partial charge on any atom is 0.0795 e. The number of hydrogen-bond donors (Lipinski definition) is 1. The Morgan fingerprint density at radius 1 is 1.40 bits per heavy atom. The molecule has 20 heavy (non-hydrogen) atoms. The average molecular weight is 330 g/mol. The van der Waals surface area contributed by atoms with Crippen molar-refractivity contribution in [1.29, 1.82) is 0 Å². The summed E-state index contributed by atoms with van der Waals surface area (Å²) in [5.74, 6) is 0. The van der Waals surface area contributed by atoms with Crippen molar-refractivity contribution in [2.45, 2.75) is 12.6 Å². The fourth-order valence-corrected chi connectivity index (χ4v) is 3.32. The van der Waals surface area contributed by atoms with Gasteiger partial charge in [0.2, 0.25) is 0 Å². The number of nitrogens with one attached hydrogen (secondary N) is 1. The third kappa shape index (κ3) is 3.51. The lowest BCUT2D eigenvalue weighted by Gasteiger charge is -2.36. The summed E-state index contributed by atoms with van der Waals surface area (Å²) >= 11 is 7.99. The first-order valence-corrected chi connectivity index (χ1v) is 7.73. The van der Waals surface area contributed by atoms with Crippen molar-refractivity contribution in [1.82, 2.24) is 15.2 Å². The van der Waals surface area contributed by atoms with Crippen LogP contribution in [0.1, 0.15) is 17.3 Å². The lowest BCUT2D eigenvalue weighted by molar-refractivity contribution is 0.152. The highest BCUT2D eigenvalue weighted by atomic mass is 35.5. The van der Waals surface area contributed by atoms with Gasteiger partial charge >= 0.3 is 0 Å². The van der Waals surface area contributed by atoms with Crippen LogP contribution in [0.3, 0.4) is 0 Å². The molecule has 0 bridgehead atoms. The van der Waals surface area contributed by atoms with E-state index in [1.165, 1.54) is 5.56 Å². The van der Waals surface area contributed by atoms with Crippen LogP contribution in [0.4, 0.5) is 0 Å². The van der Waals surface area contributed by atoms with E-state index >= 15 is 0 Å². The molecular weight excluding hydrogens is 313 g/mol. The normalized spacial score (nSPS) is 19.6. The number of rotatable bonds is 3. The molecule has 1 aromatic carbocycles. The maximum absolute atomic E-state index is 6.34. The highest BCUT2D eigenvalue weighted by molar-refractivity contribution is 7.07. The molecule has 0 aliphatic carbocycles. The highest BCUT2D eigenvalue weighted by Crippen LogP contribution is 2.29. The molecule has 108 valence electrons. The summed E-state index contributed by atoms with van der Waals surface area (Å²) < 4.78 is 0. The van der Waals surface area contributed by atoms with Crippen molar-refractivity contribution < 1.29 is 0 Å². The van der Waals surface area contributed by atoms with Gasteiger partial charge in [0, 0.05) is 42.6 Å². The Morgan fingerprint density at radius 3 is 3.00 bits per heavy atom. The van der Waals surface area contributed by atoms with Crippen LogP contribution < -0.4 is 5.32 Å². The van der Waals surface area contributed by atoms with E-state index in [-0.39, 0.29) is 12.4 Å². The molecule has 0 spiro atoms. The van der Waals surface area contributed by atoms with Crippen LogP contribution in [0.25, 0.3) is 0 Å². The first-order chi connectivity index (χ1) is 9.34.